The molecule has 0 radical (unpaired) electrons. The van der Waals surface area contributed by atoms with Crippen molar-refractivity contribution in [1.29, 1.82) is 0 Å². The largest absolute Gasteiger partial charge is 0.493 e. The van der Waals surface area contributed by atoms with E-state index in [4.69, 9.17) is 10.3 Å². The average molecular weight is 215 g/mol. The van der Waals surface area contributed by atoms with Crippen LogP contribution in [0.15, 0.2) is 42.0 Å². The fourth-order valence-electron chi connectivity index (χ4n) is 2.09. The highest BCUT2D eigenvalue weighted by atomic mass is 16.5. The molecule has 1 aromatic carbocycles. The zero-order valence-corrected chi connectivity index (χ0v) is 9.13. The van der Waals surface area contributed by atoms with Crippen molar-refractivity contribution >= 4 is 0 Å². The van der Waals surface area contributed by atoms with Gasteiger partial charge in [-0.15, -0.1) is 6.58 Å². The number of hydrogen-bond acceptors (Lipinski definition) is 2. The predicted octanol–water partition coefficient (Wildman–Crippen LogP) is 3.42. The van der Waals surface area contributed by atoms with Gasteiger partial charge < -0.3 is 4.74 Å². The van der Waals surface area contributed by atoms with Gasteiger partial charge in [-0.25, -0.2) is 0 Å². The Labute approximate surface area is 94.2 Å². The molecule has 0 bridgehead atoms. The fraction of sp³-hybridized carbons (Fsp3) is 0.333. The number of hydrogen-bond donors (Lipinski definition) is 0. The number of para-hydroxylation sites is 1. The van der Waals surface area contributed by atoms with Crippen molar-refractivity contribution in [3.8, 4) is 5.75 Å². The molecule has 0 aliphatic carbocycles. The van der Waals surface area contributed by atoms with E-state index in [2.05, 4.69) is 16.6 Å². The molecule has 1 aromatic rings. The van der Waals surface area contributed by atoms with Crippen LogP contribution in [0.3, 0.4) is 0 Å². The Morgan fingerprint density at radius 1 is 1.62 bits per heavy atom. The van der Waals surface area contributed by atoms with Gasteiger partial charge in [0.2, 0.25) is 0 Å². The smallest absolute Gasteiger partial charge is 0.123 e. The van der Waals surface area contributed by atoms with Crippen molar-refractivity contribution in [2.24, 2.45) is 5.11 Å². The molecule has 16 heavy (non-hydrogen) atoms. The summed E-state index contributed by atoms with van der Waals surface area (Å²) in [7, 11) is 0. The molecule has 4 nitrogen and oxygen atoms in total. The van der Waals surface area contributed by atoms with E-state index >= 15 is 0 Å². The first kappa shape index (κ1) is 10.6. The summed E-state index contributed by atoms with van der Waals surface area (Å²) in [5, 5.41) is 3.85. The molecule has 1 heterocycles. The zero-order chi connectivity index (χ0) is 11.6. The first-order valence-electron chi connectivity index (χ1n) is 5.12. The van der Waals surface area contributed by atoms with Crippen LogP contribution in [0.5, 0.6) is 5.75 Å². The van der Waals surface area contributed by atoms with Gasteiger partial charge in [0.05, 0.1) is 5.54 Å². The maximum absolute atomic E-state index is 8.61. The molecule has 0 saturated carbocycles. The Morgan fingerprint density at radius 2 is 2.38 bits per heavy atom. The molecule has 0 N–H and O–H groups in total. The van der Waals surface area contributed by atoms with Crippen molar-refractivity contribution in [1.82, 2.24) is 0 Å². The summed E-state index contributed by atoms with van der Waals surface area (Å²) in [6.45, 7) is 6.09. The van der Waals surface area contributed by atoms with Crippen molar-refractivity contribution < 1.29 is 4.74 Å². The highest BCUT2D eigenvalue weighted by Gasteiger charge is 2.38. The third-order valence-electron chi connectivity index (χ3n) is 2.95. The van der Waals surface area contributed by atoms with Crippen molar-refractivity contribution in [2.45, 2.75) is 18.4 Å². The molecule has 4 heteroatoms. The highest BCUT2D eigenvalue weighted by molar-refractivity contribution is 5.43. The maximum atomic E-state index is 8.61. The number of fused-ring (bicyclic) bond motifs is 1. The second-order valence-corrected chi connectivity index (χ2v) is 4.09. The van der Waals surface area contributed by atoms with Gasteiger partial charge in [-0.2, -0.15) is 0 Å². The molecule has 1 aliphatic heterocycles. The van der Waals surface area contributed by atoms with E-state index in [1.807, 2.05) is 37.3 Å². The van der Waals surface area contributed by atoms with E-state index < -0.39 is 5.54 Å². The molecule has 0 fully saturated rings. The normalized spacial score (nSPS) is 27.2. The minimum absolute atomic E-state index is 0.00616. The number of ether oxygens (including phenoxy) is 1. The summed E-state index contributed by atoms with van der Waals surface area (Å²) in [5.41, 5.74) is 9.05. The van der Waals surface area contributed by atoms with Crippen LogP contribution < -0.4 is 4.74 Å². The van der Waals surface area contributed by atoms with Gasteiger partial charge in [0, 0.05) is 16.4 Å². The van der Waals surface area contributed by atoms with E-state index in [0.29, 0.717) is 6.61 Å². The Kier molecular flexibility index (Phi) is 2.59. The van der Waals surface area contributed by atoms with E-state index in [-0.39, 0.29) is 5.92 Å². The molecular formula is C12H13N3O. The molecule has 2 rings (SSSR count). The molecule has 2 atom stereocenters. The number of nitrogens with zero attached hydrogens (tertiary/aromatic N) is 3. The third-order valence-corrected chi connectivity index (χ3v) is 2.95. The van der Waals surface area contributed by atoms with E-state index in [9.17, 15) is 0 Å². The summed E-state index contributed by atoms with van der Waals surface area (Å²) < 4.78 is 5.61. The van der Waals surface area contributed by atoms with Gasteiger partial charge in [0.25, 0.3) is 0 Å². The van der Waals surface area contributed by atoms with Crippen molar-refractivity contribution in [3.05, 3.63) is 52.9 Å². The quantitative estimate of drug-likeness (QED) is 0.323. The van der Waals surface area contributed by atoms with Crippen LogP contribution >= 0.6 is 0 Å². The minimum Gasteiger partial charge on any atom is -0.493 e. The van der Waals surface area contributed by atoms with Gasteiger partial charge >= 0.3 is 0 Å². The molecule has 0 amide bonds. The van der Waals surface area contributed by atoms with E-state index in [0.717, 1.165) is 11.3 Å². The Balaban J connectivity index is 2.52. The summed E-state index contributed by atoms with van der Waals surface area (Å²) in [4.78, 5) is 2.90. The van der Waals surface area contributed by atoms with Crippen molar-refractivity contribution in [3.63, 3.8) is 0 Å². The average Bonchev–Trinajstić information content (AvgIpc) is 2.29. The molecule has 1 unspecified atom stereocenters. The van der Waals surface area contributed by atoms with Gasteiger partial charge in [0.1, 0.15) is 12.4 Å². The second kappa shape index (κ2) is 3.91. The first-order valence-corrected chi connectivity index (χ1v) is 5.12. The van der Waals surface area contributed by atoms with Crippen LogP contribution in [0.4, 0.5) is 0 Å². The van der Waals surface area contributed by atoms with Gasteiger partial charge in [0.15, 0.2) is 0 Å². The van der Waals surface area contributed by atoms with Crippen LogP contribution in [0.2, 0.25) is 0 Å². The van der Waals surface area contributed by atoms with Crippen LogP contribution in [-0.2, 0) is 0 Å². The molecule has 0 saturated heterocycles. The topological polar surface area (TPSA) is 58.0 Å². The van der Waals surface area contributed by atoms with Gasteiger partial charge in [-0.1, -0.05) is 29.4 Å². The maximum Gasteiger partial charge on any atom is 0.123 e. The fourth-order valence-corrected chi connectivity index (χ4v) is 2.09. The van der Waals surface area contributed by atoms with Gasteiger partial charge in [-0.05, 0) is 18.5 Å². The number of rotatable bonds is 2. The predicted molar refractivity (Wildman–Crippen MR) is 62.4 cm³/mol. The lowest BCUT2D eigenvalue weighted by Crippen LogP contribution is -2.39. The Morgan fingerprint density at radius 3 is 3.06 bits per heavy atom. The second-order valence-electron chi connectivity index (χ2n) is 4.09. The zero-order valence-electron chi connectivity index (χ0n) is 9.13. The first-order chi connectivity index (χ1) is 7.71. The Hall–Kier alpha value is -1.93. The molecule has 1 aliphatic rings. The molecule has 0 aromatic heterocycles. The summed E-state index contributed by atoms with van der Waals surface area (Å²) in [6.07, 6.45) is 1.82. The number of azide groups is 1. The summed E-state index contributed by atoms with van der Waals surface area (Å²) in [6, 6.07) is 7.77. The van der Waals surface area contributed by atoms with E-state index in [1.165, 1.54) is 0 Å². The molecule has 0 spiro atoms. The minimum atomic E-state index is -0.592. The lowest BCUT2D eigenvalue weighted by Gasteiger charge is -2.37. The monoisotopic (exact) mass is 215 g/mol. The van der Waals surface area contributed by atoms with E-state index in [1.54, 1.807) is 0 Å². The van der Waals surface area contributed by atoms with Crippen LogP contribution in [-0.4, -0.2) is 12.1 Å². The molecule has 82 valence electrons. The van der Waals surface area contributed by atoms with Crippen molar-refractivity contribution in [2.75, 3.05) is 6.61 Å². The summed E-state index contributed by atoms with van der Waals surface area (Å²) >= 11 is 0. The molecular weight excluding hydrogens is 202 g/mol. The van der Waals surface area contributed by atoms with Gasteiger partial charge in [-0.3, -0.25) is 0 Å². The van der Waals surface area contributed by atoms with Crippen LogP contribution in [0.25, 0.3) is 10.4 Å². The van der Waals surface area contributed by atoms with Crippen LogP contribution in [0.1, 0.15) is 18.4 Å². The van der Waals surface area contributed by atoms with Crippen LogP contribution in [0, 0.1) is 0 Å². The third kappa shape index (κ3) is 1.53. The SMILES string of the molecule is C=C[C@H]1c2ccccc2OCC1(C)N=[N+]=[N-]. The Bertz CT molecular complexity index is 465. The standard InChI is InChI=1S/C12H13N3O/c1-3-10-9-6-4-5-7-11(9)16-8-12(10,2)14-15-13/h3-7,10H,1,8H2,2H3/t10-,12?/m0/s1. The highest BCUT2D eigenvalue weighted by Crippen LogP contribution is 2.41. The lowest BCUT2D eigenvalue weighted by atomic mass is 9.79. The number of benzene rings is 1. The lowest BCUT2D eigenvalue weighted by molar-refractivity contribution is 0.189. The summed E-state index contributed by atoms with van der Waals surface area (Å²) in [5.74, 6) is 0.839.